The second kappa shape index (κ2) is 5.91. The molecule has 1 atom stereocenters. The second-order valence-electron chi connectivity index (χ2n) is 2.91. The van der Waals surface area contributed by atoms with E-state index in [0.717, 1.165) is 17.7 Å². The van der Waals surface area contributed by atoms with Gasteiger partial charge in [-0.25, -0.2) is 0 Å². The van der Waals surface area contributed by atoms with E-state index < -0.39 is 0 Å². The Morgan fingerprint density at radius 1 is 1.54 bits per heavy atom. The van der Waals surface area contributed by atoms with Crippen LogP contribution in [0.5, 0.6) is 0 Å². The van der Waals surface area contributed by atoms with Crippen LogP contribution in [0.3, 0.4) is 0 Å². The van der Waals surface area contributed by atoms with Crippen molar-refractivity contribution in [3.63, 3.8) is 0 Å². The maximum atomic E-state index is 5.72. The Bertz CT molecular complexity index is 250. The molecule has 0 amide bonds. The first-order valence-electron chi connectivity index (χ1n) is 4.14. The summed E-state index contributed by atoms with van der Waals surface area (Å²) < 4.78 is 0. The molecule has 4 N–H and O–H groups in total. The van der Waals surface area contributed by atoms with Crippen LogP contribution in [0, 0.1) is 0 Å². The summed E-state index contributed by atoms with van der Waals surface area (Å²) in [4.78, 5) is 4.18. The average Bonchev–Trinajstić information content (AvgIpc) is 2.05. The quantitative estimate of drug-likeness (QED) is 0.768. The minimum absolute atomic E-state index is 0. The number of hydrogen-bond donors (Lipinski definition) is 2. The van der Waals surface area contributed by atoms with Crippen LogP contribution in [-0.4, -0.2) is 11.5 Å². The molecule has 74 valence electrons. The Hall–Kier alpha value is -0.640. The van der Waals surface area contributed by atoms with Crippen molar-refractivity contribution in [1.82, 2.24) is 4.98 Å². The highest BCUT2D eigenvalue weighted by molar-refractivity contribution is 5.85. The molecule has 0 aliphatic carbocycles. The minimum Gasteiger partial charge on any atom is -0.330 e. The molecule has 1 aromatic rings. The van der Waals surface area contributed by atoms with Crippen molar-refractivity contribution in [3.05, 3.63) is 29.6 Å². The van der Waals surface area contributed by atoms with Crippen molar-refractivity contribution >= 4 is 12.4 Å². The van der Waals surface area contributed by atoms with E-state index in [2.05, 4.69) is 4.98 Å². The molecular weight excluding hydrogens is 186 g/mol. The van der Waals surface area contributed by atoms with E-state index in [1.165, 1.54) is 0 Å². The molecule has 0 spiro atoms. The Kier molecular flexibility index (Phi) is 5.62. The Morgan fingerprint density at radius 3 is 2.77 bits per heavy atom. The Labute approximate surface area is 84.9 Å². The zero-order valence-electron chi connectivity index (χ0n) is 7.73. The fraction of sp³-hybridized carbons (Fsp3) is 0.444. The highest BCUT2D eigenvalue weighted by atomic mass is 35.5. The summed E-state index contributed by atoms with van der Waals surface area (Å²) >= 11 is 0. The van der Waals surface area contributed by atoms with E-state index in [1.54, 1.807) is 6.20 Å². The van der Waals surface area contributed by atoms with Crippen molar-refractivity contribution < 1.29 is 0 Å². The average molecular weight is 202 g/mol. The monoisotopic (exact) mass is 201 g/mol. The molecule has 1 heterocycles. The molecule has 0 radical (unpaired) electrons. The lowest BCUT2D eigenvalue weighted by molar-refractivity contribution is 0.805. The molecule has 0 aliphatic heterocycles. The first-order chi connectivity index (χ1) is 5.74. The summed E-state index contributed by atoms with van der Waals surface area (Å²) in [7, 11) is 0. The molecule has 0 aliphatic rings. The van der Waals surface area contributed by atoms with Crippen molar-refractivity contribution in [2.75, 3.05) is 6.54 Å². The molecule has 1 rings (SSSR count). The Morgan fingerprint density at radius 2 is 2.23 bits per heavy atom. The normalized spacial score (nSPS) is 11.9. The fourth-order valence-corrected chi connectivity index (χ4v) is 1.06. The van der Waals surface area contributed by atoms with Gasteiger partial charge in [0.05, 0.1) is 0 Å². The van der Waals surface area contributed by atoms with Gasteiger partial charge in [0.15, 0.2) is 0 Å². The third-order valence-electron chi connectivity index (χ3n) is 1.77. The van der Waals surface area contributed by atoms with Crippen molar-refractivity contribution in [1.29, 1.82) is 0 Å². The van der Waals surface area contributed by atoms with Crippen LogP contribution in [0.2, 0.25) is 0 Å². The number of pyridine rings is 1. The predicted molar refractivity (Wildman–Crippen MR) is 56.8 cm³/mol. The number of nitrogens with zero attached hydrogens (tertiary/aromatic N) is 1. The largest absolute Gasteiger partial charge is 0.330 e. The first kappa shape index (κ1) is 12.4. The maximum absolute atomic E-state index is 5.72. The summed E-state index contributed by atoms with van der Waals surface area (Å²) in [6.45, 7) is 2.59. The van der Waals surface area contributed by atoms with Gasteiger partial charge in [-0.2, -0.15) is 0 Å². The fourth-order valence-electron chi connectivity index (χ4n) is 1.06. The standard InChI is InChI=1S/C9H15N3.ClH/c1-7(11)8-3-5-12-9(6-8)2-4-10;/h3,5-7H,2,4,10-11H2,1H3;1H. The van der Waals surface area contributed by atoms with Gasteiger partial charge in [-0.15, -0.1) is 12.4 Å². The highest BCUT2D eigenvalue weighted by Crippen LogP contribution is 2.09. The van der Waals surface area contributed by atoms with Crippen LogP contribution in [0.4, 0.5) is 0 Å². The molecule has 0 fully saturated rings. The van der Waals surface area contributed by atoms with Gasteiger partial charge in [0.1, 0.15) is 0 Å². The van der Waals surface area contributed by atoms with E-state index in [4.69, 9.17) is 11.5 Å². The zero-order valence-corrected chi connectivity index (χ0v) is 8.55. The van der Waals surface area contributed by atoms with Gasteiger partial charge in [-0.3, -0.25) is 4.98 Å². The lowest BCUT2D eigenvalue weighted by Gasteiger charge is -2.06. The number of hydrogen-bond acceptors (Lipinski definition) is 3. The molecule has 4 heteroatoms. The summed E-state index contributed by atoms with van der Waals surface area (Å²) in [5.74, 6) is 0. The summed E-state index contributed by atoms with van der Waals surface area (Å²) in [6, 6.07) is 4.02. The lowest BCUT2D eigenvalue weighted by Crippen LogP contribution is -2.08. The minimum atomic E-state index is 0. The Balaban J connectivity index is 0.00000144. The van der Waals surface area contributed by atoms with Crippen LogP contribution in [-0.2, 0) is 6.42 Å². The number of aromatic nitrogens is 1. The SMILES string of the molecule is CC(N)c1ccnc(CCN)c1.Cl. The van der Waals surface area contributed by atoms with Gasteiger partial charge in [-0.1, -0.05) is 0 Å². The van der Waals surface area contributed by atoms with Gasteiger partial charge in [0.25, 0.3) is 0 Å². The van der Waals surface area contributed by atoms with Crippen LogP contribution >= 0.6 is 12.4 Å². The molecule has 1 aromatic heterocycles. The van der Waals surface area contributed by atoms with Gasteiger partial charge < -0.3 is 11.5 Å². The van der Waals surface area contributed by atoms with E-state index in [-0.39, 0.29) is 18.4 Å². The molecule has 13 heavy (non-hydrogen) atoms. The first-order valence-corrected chi connectivity index (χ1v) is 4.14. The van der Waals surface area contributed by atoms with Crippen molar-refractivity contribution in [2.24, 2.45) is 11.5 Å². The van der Waals surface area contributed by atoms with Crippen LogP contribution in [0.25, 0.3) is 0 Å². The molecule has 0 saturated heterocycles. The zero-order chi connectivity index (χ0) is 8.97. The topological polar surface area (TPSA) is 64.9 Å². The van der Waals surface area contributed by atoms with Gasteiger partial charge in [0, 0.05) is 24.4 Å². The summed E-state index contributed by atoms with van der Waals surface area (Å²) in [5, 5.41) is 0. The summed E-state index contributed by atoms with van der Waals surface area (Å²) in [6.07, 6.45) is 2.60. The van der Waals surface area contributed by atoms with Crippen LogP contribution in [0.1, 0.15) is 24.2 Å². The lowest BCUT2D eigenvalue weighted by atomic mass is 10.1. The number of nitrogens with two attached hydrogens (primary N) is 2. The van der Waals surface area contributed by atoms with Gasteiger partial charge in [-0.05, 0) is 31.2 Å². The molecule has 0 saturated carbocycles. The van der Waals surface area contributed by atoms with Crippen molar-refractivity contribution in [2.45, 2.75) is 19.4 Å². The number of rotatable bonds is 3. The van der Waals surface area contributed by atoms with Gasteiger partial charge in [0.2, 0.25) is 0 Å². The van der Waals surface area contributed by atoms with Crippen molar-refractivity contribution in [3.8, 4) is 0 Å². The molecular formula is C9H16ClN3. The van der Waals surface area contributed by atoms with E-state index in [9.17, 15) is 0 Å². The van der Waals surface area contributed by atoms with E-state index in [0.29, 0.717) is 6.54 Å². The van der Waals surface area contributed by atoms with Gasteiger partial charge >= 0.3 is 0 Å². The molecule has 0 bridgehead atoms. The number of halogens is 1. The predicted octanol–water partition coefficient (Wildman–Crippen LogP) is 1.02. The molecule has 0 aromatic carbocycles. The van der Waals surface area contributed by atoms with Crippen LogP contribution in [0.15, 0.2) is 18.3 Å². The van der Waals surface area contributed by atoms with E-state index >= 15 is 0 Å². The maximum Gasteiger partial charge on any atom is 0.0419 e. The molecule has 1 unspecified atom stereocenters. The van der Waals surface area contributed by atoms with E-state index in [1.807, 2.05) is 19.1 Å². The highest BCUT2D eigenvalue weighted by Gasteiger charge is 2.00. The smallest absolute Gasteiger partial charge is 0.0419 e. The second-order valence-corrected chi connectivity index (χ2v) is 2.91. The third kappa shape index (κ3) is 3.72. The molecule has 3 nitrogen and oxygen atoms in total. The van der Waals surface area contributed by atoms with Crippen LogP contribution < -0.4 is 11.5 Å². The summed E-state index contributed by atoms with van der Waals surface area (Å²) in [5.41, 5.74) is 13.3. The third-order valence-corrected chi connectivity index (χ3v) is 1.77.